The van der Waals surface area contributed by atoms with Gasteiger partial charge in [0, 0.05) is 202 Å². The molecule has 4 heterocycles. The molecule has 0 aromatic heterocycles. The fourth-order valence-corrected chi connectivity index (χ4v) is 10.3. The van der Waals surface area contributed by atoms with Gasteiger partial charge in [-0.25, -0.2) is 6.07 Å². The number of aromatic hydroxyl groups is 8. The number of hydrogen-bond acceptors (Lipinski definition) is 16. The summed E-state index contributed by atoms with van der Waals surface area (Å²) in [6, 6.07) is 60.1. The number of fused-ring (bicyclic) bond motifs is 4. The van der Waals surface area contributed by atoms with Crippen molar-refractivity contribution in [3.63, 3.8) is 0 Å². The van der Waals surface area contributed by atoms with E-state index in [1.807, 2.05) is 152 Å². The molecule has 0 amide bonds. The summed E-state index contributed by atoms with van der Waals surface area (Å²) >= 11 is 0. The fourth-order valence-electron chi connectivity index (χ4n) is 10.3. The number of nitrogens with zero attached hydrogens (tertiary/aromatic N) is 8. The fraction of sp³-hybridized carbons (Fsp3) is 0.150. The van der Waals surface area contributed by atoms with Gasteiger partial charge in [0.1, 0.15) is 0 Å². The second-order valence-corrected chi connectivity index (χ2v) is 20.6. The maximum atomic E-state index is 10.7. The van der Waals surface area contributed by atoms with Crippen LogP contribution in [0.1, 0.15) is 122 Å². The molecule has 0 bridgehead atoms. The van der Waals surface area contributed by atoms with Gasteiger partial charge >= 0.3 is 0 Å². The Balaban J connectivity index is 0.000000317. The Hall–Kier alpha value is -7.62. The van der Waals surface area contributed by atoms with Gasteiger partial charge in [-0.15, -0.1) is 0 Å². The van der Waals surface area contributed by atoms with Crippen LogP contribution in [0.15, 0.2) is 210 Å². The van der Waals surface area contributed by atoms with Gasteiger partial charge in [-0.05, 0) is 71.4 Å². The van der Waals surface area contributed by atoms with Crippen molar-refractivity contribution in [2.75, 3.05) is 0 Å². The van der Waals surface area contributed by atoms with Crippen LogP contribution in [0.4, 0.5) is 45.5 Å². The van der Waals surface area contributed by atoms with Crippen LogP contribution in [0, 0.1) is 24.3 Å². The summed E-state index contributed by atoms with van der Waals surface area (Å²) in [7, 11) is 0. The van der Waals surface area contributed by atoms with Crippen LogP contribution < -0.4 is 0 Å². The number of phenolic OH excluding ortho intramolecular Hbond substituents is 8. The molecular formula is C80H68N8O8Y4-8. The molecule has 0 unspecified atom stereocenters. The first-order chi connectivity index (χ1) is 46.8. The van der Waals surface area contributed by atoms with Crippen LogP contribution in [-0.4, -0.2) is 88.6 Å². The van der Waals surface area contributed by atoms with E-state index in [-0.39, 0.29) is 199 Å². The van der Waals surface area contributed by atoms with Crippen molar-refractivity contribution in [1.29, 1.82) is 0 Å². The first-order valence-electron chi connectivity index (χ1n) is 31.4. The number of rotatable bonds is 12. The molecule has 0 aliphatic carbocycles. The third-order valence-electron chi connectivity index (χ3n) is 14.7. The summed E-state index contributed by atoms with van der Waals surface area (Å²) in [5.74, 6) is -0.581. The summed E-state index contributed by atoms with van der Waals surface area (Å²) in [6.07, 6.45) is 13.2. The molecule has 4 aliphatic heterocycles. The van der Waals surface area contributed by atoms with Gasteiger partial charge in [-0.2, -0.15) is 11.4 Å². The van der Waals surface area contributed by atoms with Crippen molar-refractivity contribution in [2.45, 2.75) is 81.1 Å². The minimum absolute atomic E-state index is 0. The average Bonchev–Trinajstić information content (AvgIpc) is 1.83. The van der Waals surface area contributed by atoms with Crippen LogP contribution in [-0.2, 0) is 157 Å². The third kappa shape index (κ3) is 20.3. The standard InChI is InChI=1S/2C36H22N4O4.4C2H6.4Y/c41-33-17-27(31-12-21-6-1-3-10-29(21)39-31)35(43)14-23(33)19-37-25-8-5-9-26(16-25)38-20-24-15-36(44)28(18-34(24)42)32-13-22-7-2-4-11-30(22)40-32;41-33-17-27(31-13-21-5-1-3-7-29(21)39-31)35(43)15-23(33)19-37-25-9-11-26(12-10-25)38-20-24-16-36(44)28(18-34(24)42)32-14-22-6-2-4-8-30(22)40-32;4*1-2;;;;/h1-7,10-11,14-18,41-44H,12-13H2;1-9,12,15-18,41-44H,13-14H2;4*1-2H3;;;;/q2*-4;;;;;;;;. The molecule has 10 aromatic rings. The number of aliphatic imine (C=N–C) groups is 8. The second-order valence-electron chi connectivity index (χ2n) is 20.6. The zero-order chi connectivity index (χ0) is 68.4. The van der Waals surface area contributed by atoms with Crippen molar-refractivity contribution in [3.8, 4) is 46.0 Å². The summed E-state index contributed by atoms with van der Waals surface area (Å²) in [5.41, 5.74) is 14.3. The molecule has 496 valence electrons. The van der Waals surface area contributed by atoms with E-state index in [0.29, 0.717) is 93.5 Å². The summed E-state index contributed by atoms with van der Waals surface area (Å²) in [6.45, 7) is 16.0. The maximum absolute atomic E-state index is 10.7. The van der Waals surface area contributed by atoms with E-state index in [2.05, 4.69) is 89.1 Å². The Labute approximate surface area is 684 Å². The molecule has 8 N–H and O–H groups in total. The third-order valence-corrected chi connectivity index (χ3v) is 14.7. The molecule has 100 heavy (non-hydrogen) atoms. The number of phenols is 8. The topological polar surface area (TPSA) is 261 Å². The molecule has 0 saturated carbocycles. The van der Waals surface area contributed by atoms with Gasteiger partial charge in [0.25, 0.3) is 0 Å². The molecule has 10 aromatic carbocycles. The summed E-state index contributed by atoms with van der Waals surface area (Å²) in [4.78, 5) is 35.2. The zero-order valence-electron chi connectivity index (χ0n) is 56.5. The Morgan fingerprint density at radius 1 is 0.290 bits per heavy atom. The van der Waals surface area contributed by atoms with Crippen molar-refractivity contribution in [3.05, 3.63) is 261 Å². The van der Waals surface area contributed by atoms with Crippen molar-refractivity contribution >= 4 is 93.2 Å². The van der Waals surface area contributed by atoms with Crippen LogP contribution in [0.25, 0.3) is 0 Å². The quantitative estimate of drug-likeness (QED) is 0.0331. The molecule has 16 nitrogen and oxygen atoms in total. The monoisotopic (exact) mass is 1620 g/mol. The van der Waals surface area contributed by atoms with Gasteiger partial charge in [0.15, 0.2) is 0 Å². The predicted octanol–water partition coefficient (Wildman–Crippen LogP) is 17.5. The van der Waals surface area contributed by atoms with Crippen LogP contribution >= 0.6 is 0 Å². The molecule has 14 rings (SSSR count). The molecule has 4 aliphatic rings. The van der Waals surface area contributed by atoms with Gasteiger partial charge in [-0.3, -0.25) is 49.5 Å². The molecular weight excluding hydrogens is 1560 g/mol. The molecule has 4 radical (unpaired) electrons. The Morgan fingerprint density at radius 2 is 0.520 bits per heavy atom. The van der Waals surface area contributed by atoms with Gasteiger partial charge in [-0.1, -0.05) is 199 Å². The molecule has 0 fully saturated rings. The Kier molecular flexibility index (Phi) is 33.3. The SMILES string of the molecule is CC.CC.CC.CC.Oc1cc(C2=Nc3ccccc3C2)c(O)cc1[C-]=Nc1[c-]c[c-]c(N=[C-]c2cc(O)c(C3=Nc4ccccc4C3)cc2O)c1.Oc1cc(C2=Nc3ccccc3C2)c(O)cc1[C-]=Nc1[c-]cc(N=[C-]c2cc(O)c(C3=Nc4ccccc4C3)cc2O)[c-]c1.[Y].[Y].[Y].[Y]. The Bertz CT molecular complexity index is 4470. The predicted molar refractivity (Wildman–Crippen MR) is 383 cm³/mol. The summed E-state index contributed by atoms with van der Waals surface area (Å²) < 4.78 is 0. The molecule has 20 heteroatoms. The van der Waals surface area contributed by atoms with Crippen LogP contribution in [0.5, 0.6) is 46.0 Å². The summed E-state index contributed by atoms with van der Waals surface area (Å²) in [5, 5.41) is 85.1. The molecule has 0 atom stereocenters. The van der Waals surface area contributed by atoms with Crippen LogP contribution in [0.2, 0.25) is 0 Å². The number of hydrogen-bond donors (Lipinski definition) is 8. The smallest absolute Gasteiger partial charge is 0.0835 e. The van der Waals surface area contributed by atoms with E-state index in [1.165, 1.54) is 66.7 Å². The van der Waals surface area contributed by atoms with Gasteiger partial charge < -0.3 is 85.1 Å². The minimum Gasteiger partial charge on any atom is -0.551 e. The van der Waals surface area contributed by atoms with E-state index in [4.69, 9.17) is 0 Å². The molecule has 0 saturated heterocycles. The largest absolute Gasteiger partial charge is 0.551 e. The van der Waals surface area contributed by atoms with Crippen molar-refractivity contribution in [2.24, 2.45) is 39.9 Å². The zero-order valence-corrected chi connectivity index (χ0v) is 67.8. The second kappa shape index (κ2) is 40.1. The number of benzene rings is 10. The normalized spacial score (nSPS) is 12.3. The van der Waals surface area contributed by atoms with E-state index < -0.39 is 0 Å². The van der Waals surface area contributed by atoms with Crippen molar-refractivity contribution < 1.29 is 172 Å². The van der Waals surface area contributed by atoms with Gasteiger partial charge in [0.2, 0.25) is 0 Å². The van der Waals surface area contributed by atoms with E-state index in [0.717, 1.165) is 45.0 Å². The first-order valence-corrected chi connectivity index (χ1v) is 31.4. The Morgan fingerprint density at radius 3 is 0.750 bits per heavy atom. The van der Waals surface area contributed by atoms with E-state index in [9.17, 15) is 40.9 Å². The van der Waals surface area contributed by atoms with Gasteiger partial charge in [0.05, 0.1) is 68.6 Å². The maximum Gasteiger partial charge on any atom is 0.0835 e. The minimum atomic E-state index is -0.111. The average molecular weight is 1630 g/mol. The van der Waals surface area contributed by atoms with Crippen LogP contribution in [0.3, 0.4) is 0 Å². The van der Waals surface area contributed by atoms with Crippen molar-refractivity contribution in [1.82, 2.24) is 0 Å². The molecule has 0 spiro atoms. The number of para-hydroxylation sites is 4. The van der Waals surface area contributed by atoms with E-state index in [1.54, 1.807) is 6.07 Å². The van der Waals surface area contributed by atoms with E-state index >= 15 is 0 Å². The first kappa shape index (κ1) is 83.0.